The van der Waals surface area contributed by atoms with E-state index >= 15 is 0 Å². The molecule has 0 aromatic rings. The molecule has 1 aliphatic heterocycles. The van der Waals surface area contributed by atoms with E-state index in [1.807, 2.05) is 0 Å². The van der Waals surface area contributed by atoms with Gasteiger partial charge in [-0.2, -0.15) is 13.2 Å². The minimum atomic E-state index is -5.08. The molecule has 1 fully saturated rings. The molecule has 11 heteroatoms. The molecule has 1 rings (SSSR count). The summed E-state index contributed by atoms with van der Waals surface area (Å²) in [5, 5.41) is 43.2. The Bertz CT molecular complexity index is 296. The van der Waals surface area contributed by atoms with E-state index in [1.54, 1.807) is 0 Å². The van der Waals surface area contributed by atoms with E-state index in [0.29, 0.717) is 0 Å². The molecule has 0 aromatic heterocycles. The molecule has 1 heterocycles. The third kappa shape index (κ3) is 5.26. The Morgan fingerprint density at radius 2 is 1.63 bits per heavy atom. The van der Waals surface area contributed by atoms with Gasteiger partial charge in [-0.25, -0.2) is 4.79 Å². The van der Waals surface area contributed by atoms with E-state index < -0.39 is 49.4 Å². The molecule has 19 heavy (non-hydrogen) atoms. The molecule has 1 aliphatic rings. The summed E-state index contributed by atoms with van der Waals surface area (Å²) >= 11 is 0. The number of aliphatic hydroxyl groups excluding tert-OH is 4. The molecule has 5 atom stereocenters. The fraction of sp³-hybridized carbons (Fsp3) is 0.875. The highest BCUT2D eigenvalue weighted by Crippen LogP contribution is 2.17. The van der Waals surface area contributed by atoms with Gasteiger partial charge in [-0.15, -0.1) is 0 Å². The lowest BCUT2D eigenvalue weighted by Crippen LogP contribution is -2.61. The first-order valence-electron chi connectivity index (χ1n) is 4.88. The maximum atomic E-state index is 10.6. The largest absolute Gasteiger partial charge is 0.490 e. The molecular weight excluding hydrogens is 279 g/mol. The summed E-state index contributed by atoms with van der Waals surface area (Å²) in [5.41, 5.74) is 5.26. The van der Waals surface area contributed by atoms with Gasteiger partial charge in [0.2, 0.25) is 0 Å². The lowest BCUT2D eigenvalue weighted by atomic mass is 9.98. The monoisotopic (exact) mass is 293 g/mol. The Hall–Kier alpha value is -0.980. The molecule has 0 aromatic carbocycles. The number of halogens is 3. The minimum Gasteiger partial charge on any atom is -0.475 e. The number of aliphatic carboxylic acids is 1. The van der Waals surface area contributed by atoms with Crippen molar-refractivity contribution in [1.82, 2.24) is 0 Å². The molecule has 0 radical (unpaired) electrons. The van der Waals surface area contributed by atoms with Crippen LogP contribution < -0.4 is 5.73 Å². The van der Waals surface area contributed by atoms with Gasteiger partial charge in [0.1, 0.15) is 18.3 Å². The molecule has 0 aliphatic carbocycles. The van der Waals surface area contributed by atoms with Gasteiger partial charge in [0.05, 0.1) is 12.6 Å². The number of alkyl halides is 3. The Morgan fingerprint density at radius 3 is 1.95 bits per heavy atom. The first-order chi connectivity index (χ1) is 8.52. The molecule has 0 saturated carbocycles. The van der Waals surface area contributed by atoms with Crippen LogP contribution in [0.3, 0.4) is 0 Å². The first kappa shape index (κ1) is 18.0. The molecular formula is C8H14F3NO7. The average molecular weight is 293 g/mol. The molecule has 8 nitrogen and oxygen atoms in total. The zero-order valence-electron chi connectivity index (χ0n) is 9.36. The van der Waals surface area contributed by atoms with Gasteiger partial charge in [-0.1, -0.05) is 0 Å². The maximum absolute atomic E-state index is 10.6. The van der Waals surface area contributed by atoms with E-state index in [2.05, 4.69) is 0 Å². The summed E-state index contributed by atoms with van der Waals surface area (Å²) in [4.78, 5) is 8.90. The summed E-state index contributed by atoms with van der Waals surface area (Å²) in [6, 6.07) is -1.04. The first-order valence-corrected chi connectivity index (χ1v) is 4.88. The van der Waals surface area contributed by atoms with Gasteiger partial charge in [0.25, 0.3) is 0 Å². The molecule has 114 valence electrons. The summed E-state index contributed by atoms with van der Waals surface area (Å²) in [6.07, 6.45) is -9.94. The fourth-order valence-electron chi connectivity index (χ4n) is 1.12. The number of rotatable bonds is 1. The molecule has 0 bridgehead atoms. The molecule has 0 spiro atoms. The van der Waals surface area contributed by atoms with Crippen molar-refractivity contribution in [2.75, 3.05) is 6.61 Å². The summed E-state index contributed by atoms with van der Waals surface area (Å²) in [5.74, 6) is -2.76. The van der Waals surface area contributed by atoms with Crippen molar-refractivity contribution in [2.45, 2.75) is 36.8 Å². The van der Waals surface area contributed by atoms with Crippen LogP contribution >= 0.6 is 0 Å². The minimum absolute atomic E-state index is 0.470. The van der Waals surface area contributed by atoms with Crippen molar-refractivity contribution in [3.05, 3.63) is 0 Å². The smallest absolute Gasteiger partial charge is 0.475 e. The number of aliphatic hydroxyl groups is 4. The molecule has 1 saturated heterocycles. The predicted molar refractivity (Wildman–Crippen MR) is 51.6 cm³/mol. The van der Waals surface area contributed by atoms with E-state index in [0.717, 1.165) is 0 Å². The van der Waals surface area contributed by atoms with Crippen LogP contribution in [0.1, 0.15) is 0 Å². The predicted octanol–water partition coefficient (Wildman–Crippen LogP) is -2.62. The molecule has 7 N–H and O–H groups in total. The van der Waals surface area contributed by atoms with E-state index in [1.165, 1.54) is 0 Å². The SMILES string of the molecule is N[C@@H]1C(O)O[C@H](CO)[C@@H](O)[C@@H]1O.O=C(O)C(F)(F)F. The van der Waals surface area contributed by atoms with Crippen molar-refractivity contribution < 1.29 is 48.2 Å². The van der Waals surface area contributed by atoms with Crippen LogP contribution in [0.25, 0.3) is 0 Å². The van der Waals surface area contributed by atoms with Crippen LogP contribution in [-0.4, -0.2) is 74.9 Å². The number of carboxylic acids is 1. The van der Waals surface area contributed by atoms with Gasteiger partial charge in [0, 0.05) is 0 Å². The normalized spacial score (nSPS) is 35.3. The Morgan fingerprint density at radius 1 is 1.21 bits per heavy atom. The molecule has 0 amide bonds. The second kappa shape index (κ2) is 6.98. The quantitative estimate of drug-likeness (QED) is 0.307. The summed E-state index contributed by atoms with van der Waals surface area (Å²) in [6.45, 7) is -0.470. The highest BCUT2D eigenvalue weighted by molar-refractivity contribution is 5.73. The van der Waals surface area contributed by atoms with Crippen molar-refractivity contribution in [2.24, 2.45) is 5.73 Å². The standard InChI is InChI=1S/C6H13NO5.C2HF3O2/c7-3-5(10)4(9)2(1-8)12-6(3)11;3-2(4,5)1(6)7/h2-6,8-11H,1,7H2;(H,6,7)/t2-,3+,4-,5-,6?;/m1./s1. The second-order valence-corrected chi connectivity index (χ2v) is 3.61. The number of hydrogen-bond acceptors (Lipinski definition) is 7. The van der Waals surface area contributed by atoms with Crippen LogP contribution in [0.5, 0.6) is 0 Å². The van der Waals surface area contributed by atoms with Crippen molar-refractivity contribution >= 4 is 5.97 Å². The van der Waals surface area contributed by atoms with E-state index in [4.69, 9.17) is 30.6 Å². The van der Waals surface area contributed by atoms with Crippen LogP contribution in [-0.2, 0) is 9.53 Å². The van der Waals surface area contributed by atoms with Gasteiger partial charge < -0.3 is 36.0 Å². The lowest BCUT2D eigenvalue weighted by Gasteiger charge is -2.38. The fourth-order valence-corrected chi connectivity index (χ4v) is 1.12. The second-order valence-electron chi connectivity index (χ2n) is 3.61. The van der Waals surface area contributed by atoms with Gasteiger partial charge in [-0.3, -0.25) is 0 Å². The Balaban J connectivity index is 0.000000399. The topological polar surface area (TPSA) is 153 Å². The maximum Gasteiger partial charge on any atom is 0.490 e. The lowest BCUT2D eigenvalue weighted by molar-refractivity contribution is -0.248. The zero-order chi connectivity index (χ0) is 15.4. The van der Waals surface area contributed by atoms with Gasteiger partial charge in [-0.05, 0) is 0 Å². The number of nitrogens with two attached hydrogens (primary N) is 1. The van der Waals surface area contributed by atoms with Crippen molar-refractivity contribution in [1.29, 1.82) is 0 Å². The number of hydrogen-bond donors (Lipinski definition) is 6. The summed E-state index contributed by atoms with van der Waals surface area (Å²) < 4.78 is 36.4. The van der Waals surface area contributed by atoms with Gasteiger partial charge >= 0.3 is 12.1 Å². The van der Waals surface area contributed by atoms with E-state index in [9.17, 15) is 23.4 Å². The number of ether oxygens (including phenoxy) is 1. The van der Waals surface area contributed by atoms with Gasteiger partial charge in [0.15, 0.2) is 6.29 Å². The highest BCUT2D eigenvalue weighted by atomic mass is 19.4. The van der Waals surface area contributed by atoms with Crippen LogP contribution in [0.2, 0.25) is 0 Å². The van der Waals surface area contributed by atoms with Crippen molar-refractivity contribution in [3.63, 3.8) is 0 Å². The van der Waals surface area contributed by atoms with E-state index in [-0.39, 0.29) is 0 Å². The zero-order valence-corrected chi connectivity index (χ0v) is 9.36. The Labute approximate surface area is 104 Å². The van der Waals surface area contributed by atoms with Crippen LogP contribution in [0.4, 0.5) is 13.2 Å². The number of carbonyl (C=O) groups is 1. The average Bonchev–Trinajstić information content (AvgIpc) is 2.30. The van der Waals surface area contributed by atoms with Crippen molar-refractivity contribution in [3.8, 4) is 0 Å². The summed E-state index contributed by atoms with van der Waals surface area (Å²) in [7, 11) is 0. The third-order valence-corrected chi connectivity index (χ3v) is 2.19. The number of carboxylic acid groups (broad SMARTS) is 1. The highest BCUT2D eigenvalue weighted by Gasteiger charge is 2.41. The van der Waals surface area contributed by atoms with Crippen LogP contribution in [0, 0.1) is 0 Å². The third-order valence-electron chi connectivity index (χ3n) is 2.19. The molecule has 1 unspecified atom stereocenters. The Kier molecular flexibility index (Phi) is 6.62. The van der Waals surface area contributed by atoms with Crippen LogP contribution in [0.15, 0.2) is 0 Å².